The quantitative estimate of drug-likeness (QED) is 0.633. The number of fused-ring (bicyclic) bond motifs is 4. The number of cyclic esters (lactones) is 1. The monoisotopic (exact) mass is 322 g/mol. The third-order valence-electron chi connectivity index (χ3n) is 5.39. The second-order valence-electron chi connectivity index (χ2n) is 6.94. The van der Waals surface area contributed by atoms with E-state index in [-0.39, 0.29) is 30.0 Å². The van der Waals surface area contributed by atoms with Crippen molar-refractivity contribution in [3.63, 3.8) is 0 Å². The van der Waals surface area contributed by atoms with Crippen LogP contribution in [0.5, 0.6) is 0 Å². The summed E-state index contributed by atoms with van der Waals surface area (Å²) in [6.45, 7) is 0.499. The van der Waals surface area contributed by atoms with E-state index in [1.54, 1.807) is 0 Å². The normalized spacial score (nSPS) is 29.8. The van der Waals surface area contributed by atoms with Crippen molar-refractivity contribution in [3.05, 3.63) is 58.7 Å². The van der Waals surface area contributed by atoms with Crippen LogP contribution in [0.2, 0.25) is 0 Å². The molecule has 0 spiro atoms. The van der Waals surface area contributed by atoms with Gasteiger partial charge in [0.25, 0.3) is 0 Å². The molecule has 4 rings (SSSR count). The molecular weight excluding hydrogens is 300 g/mol. The van der Waals surface area contributed by atoms with Crippen LogP contribution in [0.25, 0.3) is 0 Å². The van der Waals surface area contributed by atoms with E-state index in [2.05, 4.69) is 36.5 Å². The summed E-state index contributed by atoms with van der Waals surface area (Å²) in [5.41, 5.74) is 4.39. The average molecular weight is 322 g/mol. The van der Waals surface area contributed by atoms with Crippen molar-refractivity contribution in [1.29, 1.82) is 0 Å². The summed E-state index contributed by atoms with van der Waals surface area (Å²) in [6.07, 6.45) is 17.3. The number of hydrogen-bond donors (Lipinski definition) is 0. The smallest absolute Gasteiger partial charge is 0.306 e. The molecule has 2 atom stereocenters. The summed E-state index contributed by atoms with van der Waals surface area (Å²) in [4.78, 5) is 25.0. The van der Waals surface area contributed by atoms with Crippen molar-refractivity contribution in [3.8, 4) is 0 Å². The van der Waals surface area contributed by atoms with Crippen molar-refractivity contribution in [2.75, 3.05) is 6.61 Å². The molecule has 0 aromatic rings. The van der Waals surface area contributed by atoms with Crippen LogP contribution in [0.4, 0.5) is 0 Å². The highest BCUT2D eigenvalue weighted by molar-refractivity contribution is 5.99. The predicted molar refractivity (Wildman–Crippen MR) is 92.1 cm³/mol. The molecule has 4 aliphatic rings. The fourth-order valence-corrected chi connectivity index (χ4v) is 4.11. The van der Waals surface area contributed by atoms with Crippen molar-refractivity contribution in [1.82, 2.24) is 0 Å². The Kier molecular flexibility index (Phi) is 4.09. The lowest BCUT2D eigenvalue weighted by atomic mass is 9.82. The molecule has 0 bridgehead atoms. The summed E-state index contributed by atoms with van der Waals surface area (Å²) < 4.78 is 5.38. The molecule has 0 amide bonds. The van der Waals surface area contributed by atoms with E-state index in [9.17, 15) is 9.59 Å². The number of Topliss-reactive ketones (excluding diaryl/α,β-unsaturated/α-hetero) is 1. The minimum absolute atomic E-state index is 0.133. The number of esters is 1. The first kappa shape index (κ1) is 15.4. The van der Waals surface area contributed by atoms with Gasteiger partial charge in [-0.15, -0.1) is 0 Å². The van der Waals surface area contributed by atoms with Gasteiger partial charge in [0.2, 0.25) is 0 Å². The third-order valence-corrected chi connectivity index (χ3v) is 5.39. The van der Waals surface area contributed by atoms with Crippen LogP contribution in [0.15, 0.2) is 58.7 Å². The summed E-state index contributed by atoms with van der Waals surface area (Å²) in [7, 11) is 0. The average Bonchev–Trinajstić information content (AvgIpc) is 3.17. The molecule has 0 saturated carbocycles. The van der Waals surface area contributed by atoms with Crippen molar-refractivity contribution >= 4 is 11.8 Å². The Morgan fingerprint density at radius 3 is 2.79 bits per heavy atom. The number of ether oxygens (including phenoxy) is 1. The van der Waals surface area contributed by atoms with Crippen LogP contribution >= 0.6 is 0 Å². The lowest BCUT2D eigenvalue weighted by Crippen LogP contribution is -2.19. The first-order valence-electron chi connectivity index (χ1n) is 8.95. The molecule has 1 heterocycles. The van der Waals surface area contributed by atoms with Crippen LogP contribution in [-0.4, -0.2) is 18.4 Å². The molecule has 0 aromatic heterocycles. The van der Waals surface area contributed by atoms with E-state index >= 15 is 0 Å². The van der Waals surface area contributed by atoms with Gasteiger partial charge in [-0.2, -0.15) is 0 Å². The summed E-state index contributed by atoms with van der Waals surface area (Å²) >= 11 is 0. The van der Waals surface area contributed by atoms with Gasteiger partial charge in [-0.25, -0.2) is 0 Å². The highest BCUT2D eigenvalue weighted by atomic mass is 16.5. The highest BCUT2D eigenvalue weighted by Crippen LogP contribution is 2.45. The van der Waals surface area contributed by atoms with Crippen molar-refractivity contribution < 1.29 is 14.3 Å². The van der Waals surface area contributed by atoms with Crippen LogP contribution < -0.4 is 0 Å². The largest absolute Gasteiger partial charge is 0.466 e. The molecule has 3 aliphatic carbocycles. The number of rotatable bonds is 0. The zero-order chi connectivity index (χ0) is 16.5. The lowest BCUT2D eigenvalue weighted by Gasteiger charge is -2.22. The van der Waals surface area contributed by atoms with E-state index in [1.165, 1.54) is 11.1 Å². The van der Waals surface area contributed by atoms with E-state index < -0.39 is 0 Å². The topological polar surface area (TPSA) is 43.4 Å². The molecule has 3 nitrogen and oxygen atoms in total. The molecule has 124 valence electrons. The van der Waals surface area contributed by atoms with Gasteiger partial charge in [-0.05, 0) is 29.6 Å². The third kappa shape index (κ3) is 2.72. The van der Waals surface area contributed by atoms with Crippen molar-refractivity contribution in [2.24, 2.45) is 11.8 Å². The Balaban J connectivity index is 1.67. The fraction of sp³-hybridized carbons (Fsp3) is 0.429. The highest BCUT2D eigenvalue weighted by Gasteiger charge is 2.37. The number of carbonyl (C=O) groups is 2. The summed E-state index contributed by atoms with van der Waals surface area (Å²) in [5, 5.41) is 0. The fourth-order valence-electron chi connectivity index (χ4n) is 4.11. The van der Waals surface area contributed by atoms with Gasteiger partial charge in [0, 0.05) is 23.8 Å². The molecule has 1 fully saturated rings. The maximum atomic E-state index is 12.8. The van der Waals surface area contributed by atoms with Gasteiger partial charge >= 0.3 is 5.97 Å². The predicted octanol–water partition coefficient (Wildman–Crippen LogP) is 3.99. The van der Waals surface area contributed by atoms with E-state index in [4.69, 9.17) is 4.74 Å². The minimum Gasteiger partial charge on any atom is -0.466 e. The molecule has 2 unspecified atom stereocenters. The first-order valence-corrected chi connectivity index (χ1v) is 8.95. The number of allylic oxidation sites excluding steroid dienone is 10. The van der Waals surface area contributed by atoms with Crippen LogP contribution in [0.1, 0.15) is 38.5 Å². The van der Waals surface area contributed by atoms with Gasteiger partial charge in [0.05, 0.1) is 13.0 Å². The second kappa shape index (κ2) is 6.39. The molecule has 0 N–H and O–H groups in total. The Labute approximate surface area is 142 Å². The van der Waals surface area contributed by atoms with Gasteiger partial charge < -0.3 is 4.74 Å². The zero-order valence-corrected chi connectivity index (χ0v) is 13.8. The Morgan fingerprint density at radius 1 is 1.00 bits per heavy atom. The molecule has 24 heavy (non-hydrogen) atoms. The van der Waals surface area contributed by atoms with Crippen molar-refractivity contribution in [2.45, 2.75) is 38.5 Å². The lowest BCUT2D eigenvalue weighted by molar-refractivity contribution is -0.144. The standard InChI is InChI=1S/C21H22O3/c22-20-8-3-1-2-4-11-24-21(23)13-18-16-10-9-14-6-5-7-15(14)17(16)12-19(18)20/h5-7,9-10,12,15,18H,1-4,8,11,13H2. The molecule has 1 aliphatic heterocycles. The molecule has 1 saturated heterocycles. The van der Waals surface area contributed by atoms with E-state index in [0.29, 0.717) is 13.0 Å². The van der Waals surface area contributed by atoms with Gasteiger partial charge in [0.15, 0.2) is 5.78 Å². The number of ketones is 1. The SMILES string of the molecule is O=C1CC2C(=CC3=C2C=CC2=CC=CC23)C(=O)CCCCCCO1. The van der Waals surface area contributed by atoms with Crippen LogP contribution in [-0.2, 0) is 14.3 Å². The van der Waals surface area contributed by atoms with Gasteiger partial charge in [-0.1, -0.05) is 49.3 Å². The maximum Gasteiger partial charge on any atom is 0.306 e. The number of hydrogen-bond acceptors (Lipinski definition) is 3. The maximum absolute atomic E-state index is 12.8. The number of carbonyl (C=O) groups excluding carboxylic acids is 2. The second-order valence-corrected chi connectivity index (χ2v) is 6.94. The van der Waals surface area contributed by atoms with Crippen LogP contribution in [0.3, 0.4) is 0 Å². The molecule has 0 radical (unpaired) electrons. The first-order chi connectivity index (χ1) is 11.7. The minimum atomic E-state index is -0.190. The Hall–Kier alpha value is -2.16. The van der Waals surface area contributed by atoms with Crippen LogP contribution in [0, 0.1) is 11.8 Å². The summed E-state index contributed by atoms with van der Waals surface area (Å²) in [6, 6.07) is 0. The molecular formula is C21H22O3. The molecule has 3 heteroatoms. The van der Waals surface area contributed by atoms with E-state index in [0.717, 1.165) is 36.8 Å². The Morgan fingerprint density at radius 2 is 1.88 bits per heavy atom. The zero-order valence-electron chi connectivity index (χ0n) is 13.8. The summed E-state index contributed by atoms with van der Waals surface area (Å²) in [5.74, 6) is 0.115. The molecule has 0 aromatic carbocycles. The van der Waals surface area contributed by atoms with E-state index in [1.807, 2.05) is 0 Å². The van der Waals surface area contributed by atoms with Gasteiger partial charge in [-0.3, -0.25) is 9.59 Å². The van der Waals surface area contributed by atoms with Gasteiger partial charge in [0.1, 0.15) is 0 Å². The Bertz CT molecular complexity index is 730.